The summed E-state index contributed by atoms with van der Waals surface area (Å²) in [4.78, 5) is 11.4. The minimum absolute atomic E-state index is 0.0389. The Balaban J connectivity index is 2.05. The number of carbonyl (C=O) groups excluding carboxylic acids is 1. The Hall–Kier alpha value is -2.55. The molecule has 2 N–H and O–H groups in total. The number of benzene rings is 3. The third-order valence-electron chi connectivity index (χ3n) is 3.95. The van der Waals surface area contributed by atoms with Crippen LogP contribution in [0, 0.1) is 0 Å². The highest BCUT2D eigenvalue weighted by Gasteiger charge is 2.23. The van der Waals surface area contributed by atoms with Gasteiger partial charge in [0.25, 0.3) is 0 Å². The summed E-state index contributed by atoms with van der Waals surface area (Å²) in [7, 11) is 0. The van der Waals surface area contributed by atoms with E-state index in [0.29, 0.717) is 6.54 Å². The summed E-state index contributed by atoms with van der Waals surface area (Å²) in [6.45, 7) is 0.640. The van der Waals surface area contributed by atoms with Gasteiger partial charge in [-0.15, -0.1) is 0 Å². The van der Waals surface area contributed by atoms with Gasteiger partial charge in [0.1, 0.15) is 0 Å². The molecule has 2 amide bonds. The molecule has 1 heterocycles. The predicted octanol–water partition coefficient (Wildman–Crippen LogP) is 3.35. The average molecular weight is 262 g/mol. The van der Waals surface area contributed by atoms with Crippen LogP contribution in [0.3, 0.4) is 0 Å². The molecule has 0 spiro atoms. The van der Waals surface area contributed by atoms with E-state index in [1.807, 2.05) is 12.1 Å². The molecular formula is C17H14N2O. The molecule has 4 rings (SSSR count). The fourth-order valence-electron chi connectivity index (χ4n) is 3.01. The SMILES string of the molecule is O=C1NC[C@@H](c2cc3ccccc3c3ccccc23)N1. The van der Waals surface area contributed by atoms with E-state index in [2.05, 4.69) is 53.1 Å². The van der Waals surface area contributed by atoms with Crippen molar-refractivity contribution in [2.24, 2.45) is 0 Å². The molecule has 1 atom stereocenters. The van der Waals surface area contributed by atoms with E-state index in [0.717, 1.165) is 0 Å². The first-order valence-corrected chi connectivity index (χ1v) is 6.78. The lowest BCUT2D eigenvalue weighted by Crippen LogP contribution is -2.21. The molecule has 3 aromatic rings. The van der Waals surface area contributed by atoms with Crippen LogP contribution in [-0.2, 0) is 0 Å². The molecular weight excluding hydrogens is 248 g/mol. The maximum atomic E-state index is 11.4. The second kappa shape index (κ2) is 4.23. The van der Waals surface area contributed by atoms with E-state index in [4.69, 9.17) is 0 Å². The van der Waals surface area contributed by atoms with Gasteiger partial charge in [0, 0.05) is 6.54 Å². The molecule has 1 saturated heterocycles. The summed E-state index contributed by atoms with van der Waals surface area (Å²) >= 11 is 0. The standard InChI is InChI=1S/C17H14N2O/c20-17-18-10-16(19-17)15-9-11-5-1-2-6-12(11)13-7-3-4-8-14(13)15/h1-9,16H,10H2,(H2,18,19,20)/t16-/m0/s1. The van der Waals surface area contributed by atoms with E-state index in [-0.39, 0.29) is 12.1 Å². The molecule has 98 valence electrons. The molecule has 1 aliphatic heterocycles. The van der Waals surface area contributed by atoms with Crippen molar-refractivity contribution in [3.8, 4) is 0 Å². The summed E-state index contributed by atoms with van der Waals surface area (Å²) in [6.07, 6.45) is 0. The lowest BCUT2D eigenvalue weighted by atomic mass is 9.94. The van der Waals surface area contributed by atoms with E-state index >= 15 is 0 Å². The molecule has 3 nitrogen and oxygen atoms in total. The molecule has 0 aliphatic carbocycles. The van der Waals surface area contributed by atoms with Gasteiger partial charge in [-0.1, -0.05) is 48.5 Å². The van der Waals surface area contributed by atoms with Gasteiger partial charge in [-0.2, -0.15) is 0 Å². The van der Waals surface area contributed by atoms with Crippen molar-refractivity contribution < 1.29 is 4.79 Å². The number of nitrogens with one attached hydrogen (secondary N) is 2. The Morgan fingerprint density at radius 2 is 1.60 bits per heavy atom. The van der Waals surface area contributed by atoms with Crippen LogP contribution in [0.5, 0.6) is 0 Å². The largest absolute Gasteiger partial charge is 0.336 e. The van der Waals surface area contributed by atoms with Crippen molar-refractivity contribution in [1.29, 1.82) is 0 Å². The normalized spacial score (nSPS) is 18.2. The highest BCUT2D eigenvalue weighted by molar-refractivity contribution is 6.09. The van der Waals surface area contributed by atoms with Gasteiger partial charge in [0.2, 0.25) is 0 Å². The van der Waals surface area contributed by atoms with Gasteiger partial charge in [-0.25, -0.2) is 4.79 Å². The van der Waals surface area contributed by atoms with Crippen LogP contribution >= 0.6 is 0 Å². The molecule has 1 aliphatic rings. The van der Waals surface area contributed by atoms with Crippen LogP contribution in [0.2, 0.25) is 0 Å². The molecule has 0 unspecified atom stereocenters. The molecule has 3 aromatic carbocycles. The minimum Gasteiger partial charge on any atom is -0.336 e. The van der Waals surface area contributed by atoms with Crippen molar-refractivity contribution in [3.63, 3.8) is 0 Å². The summed E-state index contributed by atoms with van der Waals surface area (Å²) in [5, 5.41) is 10.7. The lowest BCUT2D eigenvalue weighted by Gasteiger charge is -2.15. The Morgan fingerprint density at radius 3 is 2.35 bits per heavy atom. The van der Waals surface area contributed by atoms with Gasteiger partial charge in [0.05, 0.1) is 6.04 Å². The van der Waals surface area contributed by atoms with Crippen LogP contribution in [-0.4, -0.2) is 12.6 Å². The monoisotopic (exact) mass is 262 g/mol. The van der Waals surface area contributed by atoms with Crippen LogP contribution in [0.4, 0.5) is 4.79 Å². The number of hydrogen-bond acceptors (Lipinski definition) is 1. The molecule has 0 radical (unpaired) electrons. The van der Waals surface area contributed by atoms with Crippen LogP contribution in [0.25, 0.3) is 21.5 Å². The van der Waals surface area contributed by atoms with E-state index in [9.17, 15) is 4.79 Å². The zero-order chi connectivity index (χ0) is 13.5. The first-order chi connectivity index (χ1) is 9.83. The first kappa shape index (κ1) is 11.3. The van der Waals surface area contributed by atoms with Crippen LogP contribution < -0.4 is 10.6 Å². The zero-order valence-corrected chi connectivity index (χ0v) is 10.9. The van der Waals surface area contributed by atoms with E-state index < -0.39 is 0 Å². The number of rotatable bonds is 1. The Labute approximate surface area is 116 Å². The van der Waals surface area contributed by atoms with Crippen LogP contribution in [0.15, 0.2) is 54.6 Å². The Kier molecular flexibility index (Phi) is 2.39. The van der Waals surface area contributed by atoms with Crippen molar-refractivity contribution in [2.45, 2.75) is 6.04 Å². The number of hydrogen-bond donors (Lipinski definition) is 2. The quantitative estimate of drug-likeness (QED) is 0.649. The highest BCUT2D eigenvalue weighted by atomic mass is 16.2. The lowest BCUT2D eigenvalue weighted by molar-refractivity contribution is 0.247. The van der Waals surface area contributed by atoms with Crippen LogP contribution in [0.1, 0.15) is 11.6 Å². The highest BCUT2D eigenvalue weighted by Crippen LogP contribution is 2.32. The van der Waals surface area contributed by atoms with Crippen molar-refractivity contribution >= 4 is 27.6 Å². The van der Waals surface area contributed by atoms with Crippen molar-refractivity contribution in [3.05, 3.63) is 60.2 Å². The van der Waals surface area contributed by atoms with Gasteiger partial charge >= 0.3 is 6.03 Å². The summed E-state index contributed by atoms with van der Waals surface area (Å²) < 4.78 is 0. The molecule has 1 fully saturated rings. The maximum absolute atomic E-state index is 11.4. The van der Waals surface area contributed by atoms with E-state index in [1.165, 1.54) is 27.1 Å². The molecule has 20 heavy (non-hydrogen) atoms. The molecule has 0 saturated carbocycles. The first-order valence-electron chi connectivity index (χ1n) is 6.78. The fourth-order valence-corrected chi connectivity index (χ4v) is 3.01. The fraction of sp³-hybridized carbons (Fsp3) is 0.118. The zero-order valence-electron chi connectivity index (χ0n) is 10.9. The van der Waals surface area contributed by atoms with Gasteiger partial charge in [-0.3, -0.25) is 0 Å². The van der Waals surface area contributed by atoms with Gasteiger partial charge < -0.3 is 10.6 Å². The topological polar surface area (TPSA) is 41.1 Å². The third-order valence-corrected chi connectivity index (χ3v) is 3.95. The second-order valence-electron chi connectivity index (χ2n) is 5.14. The number of carbonyl (C=O) groups is 1. The van der Waals surface area contributed by atoms with E-state index in [1.54, 1.807) is 0 Å². The smallest absolute Gasteiger partial charge is 0.315 e. The van der Waals surface area contributed by atoms with Gasteiger partial charge in [-0.05, 0) is 33.2 Å². The Bertz CT molecular complexity index is 825. The summed E-state index contributed by atoms with van der Waals surface area (Å²) in [6, 6.07) is 18.9. The summed E-state index contributed by atoms with van der Waals surface area (Å²) in [5.41, 5.74) is 1.18. The third kappa shape index (κ3) is 1.63. The summed E-state index contributed by atoms with van der Waals surface area (Å²) in [5.74, 6) is 0. The molecule has 3 heteroatoms. The minimum atomic E-state index is -0.0905. The number of fused-ring (bicyclic) bond motifs is 3. The maximum Gasteiger partial charge on any atom is 0.315 e. The van der Waals surface area contributed by atoms with Crippen molar-refractivity contribution in [1.82, 2.24) is 10.6 Å². The Morgan fingerprint density at radius 1 is 0.900 bits per heavy atom. The van der Waals surface area contributed by atoms with Gasteiger partial charge in [0.15, 0.2) is 0 Å². The predicted molar refractivity (Wildman–Crippen MR) is 80.7 cm³/mol. The molecule has 0 bridgehead atoms. The number of amides is 2. The van der Waals surface area contributed by atoms with Crippen molar-refractivity contribution in [2.75, 3.05) is 6.54 Å². The molecule has 0 aromatic heterocycles. The second-order valence-corrected chi connectivity index (χ2v) is 5.14. The average Bonchev–Trinajstić information content (AvgIpc) is 2.93. The number of urea groups is 1.